The molecule has 1 aromatic heterocycles. The summed E-state index contributed by atoms with van der Waals surface area (Å²) in [6.07, 6.45) is 5.37. The van der Waals surface area contributed by atoms with Gasteiger partial charge in [0, 0.05) is 18.9 Å². The van der Waals surface area contributed by atoms with Crippen LogP contribution in [0.15, 0.2) is 47.9 Å². The van der Waals surface area contributed by atoms with E-state index in [1.165, 1.54) is 6.33 Å². The van der Waals surface area contributed by atoms with Gasteiger partial charge in [0.15, 0.2) is 0 Å². The van der Waals surface area contributed by atoms with Crippen LogP contribution < -0.4 is 4.72 Å². The summed E-state index contributed by atoms with van der Waals surface area (Å²) in [6, 6.07) is 6.99. The Kier molecular flexibility index (Phi) is 5.03. The van der Waals surface area contributed by atoms with E-state index in [1.807, 2.05) is 12.1 Å². The molecule has 1 aromatic carbocycles. The van der Waals surface area contributed by atoms with Crippen molar-refractivity contribution in [1.82, 2.24) is 14.7 Å². The lowest BCUT2D eigenvalue weighted by Crippen LogP contribution is -2.26. The summed E-state index contributed by atoms with van der Waals surface area (Å²) in [5.74, 6) is 0.382. The Morgan fingerprint density at radius 3 is 2.29 bits per heavy atom. The molecule has 1 N–H and O–H groups in total. The molecule has 0 bridgehead atoms. The summed E-state index contributed by atoms with van der Waals surface area (Å²) < 4.78 is 26.9. The van der Waals surface area contributed by atoms with Gasteiger partial charge in [-0.15, -0.1) is 0 Å². The van der Waals surface area contributed by atoms with E-state index in [1.54, 1.807) is 24.5 Å². The number of aromatic nitrogens is 2. The molecule has 0 aliphatic rings. The molecule has 0 amide bonds. The van der Waals surface area contributed by atoms with Gasteiger partial charge in [-0.05, 0) is 35.6 Å². The summed E-state index contributed by atoms with van der Waals surface area (Å²) in [4.78, 5) is 8.08. The Morgan fingerprint density at radius 1 is 1.10 bits per heavy atom. The smallest absolute Gasteiger partial charge is 0.240 e. The van der Waals surface area contributed by atoms with E-state index in [0.717, 1.165) is 11.1 Å². The maximum absolute atomic E-state index is 12.2. The zero-order valence-electron chi connectivity index (χ0n) is 12.2. The predicted molar refractivity (Wildman–Crippen MR) is 81.5 cm³/mol. The predicted octanol–water partition coefficient (Wildman–Crippen LogP) is 2.12. The van der Waals surface area contributed by atoms with Crippen LogP contribution in [0.5, 0.6) is 0 Å². The van der Waals surface area contributed by atoms with Gasteiger partial charge in [-0.2, -0.15) is 0 Å². The lowest BCUT2D eigenvalue weighted by Gasteiger charge is -2.09. The molecular weight excluding hydrogens is 286 g/mol. The highest BCUT2D eigenvalue weighted by atomic mass is 32.2. The van der Waals surface area contributed by atoms with Crippen LogP contribution in [0.2, 0.25) is 0 Å². The van der Waals surface area contributed by atoms with E-state index in [2.05, 4.69) is 28.5 Å². The molecule has 0 saturated heterocycles. The fraction of sp³-hybridized carbons (Fsp3) is 0.333. The first kappa shape index (κ1) is 15.6. The van der Waals surface area contributed by atoms with E-state index in [0.29, 0.717) is 18.9 Å². The number of hydrogen-bond donors (Lipinski definition) is 1. The first-order valence-electron chi connectivity index (χ1n) is 6.82. The molecule has 0 aliphatic carbocycles. The van der Waals surface area contributed by atoms with Gasteiger partial charge in [-0.3, -0.25) is 0 Å². The van der Waals surface area contributed by atoms with Crippen molar-refractivity contribution in [3.05, 3.63) is 54.1 Å². The molecule has 2 rings (SSSR count). The molecule has 2 aromatic rings. The minimum absolute atomic E-state index is 0.288. The molecule has 0 spiro atoms. The number of nitrogens with one attached hydrogen (secondary N) is 1. The molecule has 0 unspecified atom stereocenters. The van der Waals surface area contributed by atoms with Crippen molar-refractivity contribution in [3.8, 4) is 0 Å². The van der Waals surface area contributed by atoms with Gasteiger partial charge >= 0.3 is 0 Å². The first-order chi connectivity index (χ1) is 9.99. The van der Waals surface area contributed by atoms with Crippen LogP contribution in [0.25, 0.3) is 0 Å². The molecule has 0 aliphatic heterocycles. The summed E-state index contributed by atoms with van der Waals surface area (Å²) in [6.45, 7) is 4.47. The Hall–Kier alpha value is -1.79. The van der Waals surface area contributed by atoms with Crippen LogP contribution in [-0.4, -0.2) is 24.9 Å². The molecule has 6 heteroatoms. The van der Waals surface area contributed by atoms with Crippen molar-refractivity contribution >= 4 is 10.0 Å². The number of hydrogen-bond acceptors (Lipinski definition) is 4. The van der Waals surface area contributed by atoms with Gasteiger partial charge in [0.2, 0.25) is 10.0 Å². The zero-order valence-corrected chi connectivity index (χ0v) is 13.0. The molecule has 0 atom stereocenters. The maximum Gasteiger partial charge on any atom is 0.240 e. The molecule has 21 heavy (non-hydrogen) atoms. The van der Waals surface area contributed by atoms with E-state index in [-0.39, 0.29) is 4.90 Å². The third kappa shape index (κ3) is 4.34. The average Bonchev–Trinajstić information content (AvgIpc) is 2.48. The lowest BCUT2D eigenvalue weighted by molar-refractivity contribution is 0.581. The van der Waals surface area contributed by atoms with Crippen molar-refractivity contribution in [3.63, 3.8) is 0 Å². The van der Waals surface area contributed by atoms with Gasteiger partial charge in [0.05, 0.1) is 4.90 Å². The third-order valence-corrected chi connectivity index (χ3v) is 4.65. The SMILES string of the molecule is CC(C)c1ccc(S(=O)(=O)NCCc2cncnc2)cc1. The highest BCUT2D eigenvalue weighted by Crippen LogP contribution is 2.17. The summed E-state index contributed by atoms with van der Waals surface area (Å²) in [5.41, 5.74) is 2.02. The molecule has 5 nitrogen and oxygen atoms in total. The van der Waals surface area contributed by atoms with Crippen LogP contribution in [0, 0.1) is 0 Å². The van der Waals surface area contributed by atoms with Crippen LogP contribution in [-0.2, 0) is 16.4 Å². The molecular formula is C15H19N3O2S. The molecule has 0 radical (unpaired) electrons. The number of rotatable bonds is 6. The van der Waals surface area contributed by atoms with Gasteiger partial charge in [-0.1, -0.05) is 26.0 Å². The summed E-state index contributed by atoms with van der Waals surface area (Å²) in [5, 5.41) is 0. The lowest BCUT2D eigenvalue weighted by atomic mass is 10.0. The summed E-state index contributed by atoms with van der Waals surface area (Å²) >= 11 is 0. The number of sulfonamides is 1. The van der Waals surface area contributed by atoms with Crippen molar-refractivity contribution < 1.29 is 8.42 Å². The van der Waals surface area contributed by atoms with E-state index < -0.39 is 10.0 Å². The fourth-order valence-electron chi connectivity index (χ4n) is 1.90. The fourth-order valence-corrected chi connectivity index (χ4v) is 2.94. The molecule has 0 fully saturated rings. The minimum Gasteiger partial charge on any atom is -0.245 e. The second-order valence-corrected chi connectivity index (χ2v) is 6.89. The standard InChI is InChI=1S/C15H19N3O2S/c1-12(2)14-3-5-15(6-4-14)21(19,20)18-8-7-13-9-16-11-17-10-13/h3-6,9-12,18H,7-8H2,1-2H3. The van der Waals surface area contributed by atoms with Crippen LogP contribution in [0.3, 0.4) is 0 Å². The topological polar surface area (TPSA) is 72.0 Å². The van der Waals surface area contributed by atoms with Gasteiger partial charge in [0.1, 0.15) is 6.33 Å². The van der Waals surface area contributed by atoms with Gasteiger partial charge in [-0.25, -0.2) is 23.1 Å². The van der Waals surface area contributed by atoms with E-state index >= 15 is 0 Å². The second kappa shape index (κ2) is 6.78. The van der Waals surface area contributed by atoms with Crippen molar-refractivity contribution in [2.45, 2.75) is 31.1 Å². The van der Waals surface area contributed by atoms with Gasteiger partial charge in [0.25, 0.3) is 0 Å². The second-order valence-electron chi connectivity index (χ2n) is 5.12. The Morgan fingerprint density at radius 2 is 1.71 bits per heavy atom. The minimum atomic E-state index is -3.46. The zero-order chi connectivity index (χ0) is 15.3. The van der Waals surface area contributed by atoms with E-state index in [4.69, 9.17) is 0 Å². The van der Waals surface area contributed by atoms with Crippen molar-refractivity contribution in [1.29, 1.82) is 0 Å². The Labute approximate surface area is 125 Å². The number of benzene rings is 1. The summed E-state index contributed by atoms with van der Waals surface area (Å²) in [7, 11) is -3.46. The normalized spacial score (nSPS) is 11.8. The quantitative estimate of drug-likeness (QED) is 0.887. The van der Waals surface area contributed by atoms with Crippen LogP contribution >= 0.6 is 0 Å². The van der Waals surface area contributed by atoms with Crippen LogP contribution in [0.1, 0.15) is 30.9 Å². The Balaban J connectivity index is 1.98. The van der Waals surface area contributed by atoms with Crippen molar-refractivity contribution in [2.24, 2.45) is 0 Å². The first-order valence-corrected chi connectivity index (χ1v) is 8.31. The molecule has 1 heterocycles. The van der Waals surface area contributed by atoms with Crippen LogP contribution in [0.4, 0.5) is 0 Å². The number of nitrogens with zero attached hydrogens (tertiary/aromatic N) is 2. The molecule has 112 valence electrons. The average molecular weight is 305 g/mol. The third-order valence-electron chi connectivity index (χ3n) is 3.18. The molecule has 0 saturated carbocycles. The highest BCUT2D eigenvalue weighted by molar-refractivity contribution is 7.89. The van der Waals surface area contributed by atoms with E-state index in [9.17, 15) is 8.42 Å². The largest absolute Gasteiger partial charge is 0.245 e. The maximum atomic E-state index is 12.2. The van der Waals surface area contributed by atoms with Gasteiger partial charge < -0.3 is 0 Å². The Bertz CT molecular complexity index is 668. The van der Waals surface area contributed by atoms with Crippen molar-refractivity contribution in [2.75, 3.05) is 6.54 Å². The highest BCUT2D eigenvalue weighted by Gasteiger charge is 2.13. The monoisotopic (exact) mass is 305 g/mol.